The molecule has 4 rings (SSSR count). The maximum absolute atomic E-state index is 14.7. The highest BCUT2D eigenvalue weighted by molar-refractivity contribution is 5.65. The third-order valence-electron chi connectivity index (χ3n) is 8.65. The number of rotatable bonds is 9. The molecule has 0 atom stereocenters. The van der Waals surface area contributed by atoms with Crippen LogP contribution < -0.4 is 0 Å². The Labute approximate surface area is 222 Å². The molecule has 7 heteroatoms. The van der Waals surface area contributed by atoms with Crippen molar-refractivity contribution in [3.8, 4) is 11.1 Å². The van der Waals surface area contributed by atoms with Crippen molar-refractivity contribution in [1.82, 2.24) is 0 Å². The zero-order valence-electron chi connectivity index (χ0n) is 22.1. The van der Waals surface area contributed by atoms with Gasteiger partial charge in [-0.15, -0.1) is 0 Å². The van der Waals surface area contributed by atoms with E-state index >= 15 is 0 Å². The molecule has 2 aromatic rings. The lowest BCUT2D eigenvalue weighted by Crippen LogP contribution is -2.28. The molecule has 2 aromatic carbocycles. The first-order chi connectivity index (χ1) is 18.2. The molecule has 0 spiro atoms. The molecular formula is C31H38F6O. The van der Waals surface area contributed by atoms with Crippen LogP contribution in [0.4, 0.5) is 26.3 Å². The molecule has 38 heavy (non-hydrogen) atoms. The van der Waals surface area contributed by atoms with E-state index in [1.807, 2.05) is 0 Å². The summed E-state index contributed by atoms with van der Waals surface area (Å²) in [6.45, 7) is 2.47. The lowest BCUT2D eigenvalue weighted by atomic mass is 9.70. The number of hydrogen-bond acceptors (Lipinski definition) is 1. The second-order valence-electron chi connectivity index (χ2n) is 11.3. The summed E-state index contributed by atoms with van der Waals surface area (Å²) in [6, 6.07) is 5.14. The summed E-state index contributed by atoms with van der Waals surface area (Å²) in [5.74, 6) is -1.78. The highest BCUT2D eigenvalue weighted by atomic mass is 19.4. The quantitative estimate of drug-likeness (QED) is 0.227. The zero-order chi connectivity index (χ0) is 27.3. The highest BCUT2D eigenvalue weighted by Gasteiger charge is 2.38. The predicted molar refractivity (Wildman–Crippen MR) is 137 cm³/mol. The Balaban J connectivity index is 1.25. The molecule has 0 unspecified atom stereocenters. The van der Waals surface area contributed by atoms with Crippen LogP contribution >= 0.6 is 0 Å². The van der Waals surface area contributed by atoms with Crippen LogP contribution in [0.3, 0.4) is 0 Å². The minimum absolute atomic E-state index is 0.123. The van der Waals surface area contributed by atoms with Gasteiger partial charge in [0, 0.05) is 5.56 Å². The molecule has 0 amide bonds. The van der Waals surface area contributed by atoms with Crippen molar-refractivity contribution in [2.45, 2.75) is 103 Å². The van der Waals surface area contributed by atoms with Crippen molar-refractivity contribution in [2.24, 2.45) is 17.8 Å². The lowest BCUT2D eigenvalue weighted by Gasteiger charge is -2.38. The molecule has 0 radical (unpaired) electrons. The van der Waals surface area contributed by atoms with Gasteiger partial charge in [0.2, 0.25) is 0 Å². The zero-order valence-corrected chi connectivity index (χ0v) is 22.1. The van der Waals surface area contributed by atoms with Crippen molar-refractivity contribution < 1.29 is 31.1 Å². The van der Waals surface area contributed by atoms with Gasteiger partial charge in [-0.2, -0.15) is 13.2 Å². The van der Waals surface area contributed by atoms with E-state index in [0.717, 1.165) is 43.4 Å². The van der Waals surface area contributed by atoms with E-state index < -0.39 is 29.2 Å². The number of hydrogen-bond donors (Lipinski definition) is 0. The summed E-state index contributed by atoms with van der Waals surface area (Å²) in [6.07, 6.45) is 10.1. The first kappa shape index (κ1) is 29.0. The molecule has 0 aromatic heterocycles. The number of halogens is 6. The normalized spacial score (nSPS) is 24.5. The van der Waals surface area contributed by atoms with Gasteiger partial charge in [0.15, 0.2) is 0 Å². The largest absolute Gasteiger partial charge is 0.422 e. The second-order valence-corrected chi connectivity index (χ2v) is 11.3. The van der Waals surface area contributed by atoms with E-state index in [2.05, 4.69) is 6.92 Å². The summed E-state index contributed by atoms with van der Waals surface area (Å²) >= 11 is 0. The molecule has 0 aliphatic heterocycles. The summed E-state index contributed by atoms with van der Waals surface area (Å²) in [7, 11) is 0. The maximum Gasteiger partial charge on any atom is 0.422 e. The van der Waals surface area contributed by atoms with Crippen LogP contribution in [0.5, 0.6) is 0 Å². The second kappa shape index (κ2) is 12.9. The van der Waals surface area contributed by atoms with Gasteiger partial charge < -0.3 is 4.74 Å². The van der Waals surface area contributed by atoms with Crippen molar-refractivity contribution in [3.05, 3.63) is 58.9 Å². The number of unbranched alkanes of at least 4 members (excludes halogenated alkanes) is 2. The molecule has 2 saturated carbocycles. The molecule has 0 bridgehead atoms. The van der Waals surface area contributed by atoms with Crippen molar-refractivity contribution in [2.75, 3.05) is 0 Å². The Kier molecular flexibility index (Phi) is 9.83. The minimum atomic E-state index is -5.17. The van der Waals surface area contributed by atoms with E-state index in [1.165, 1.54) is 63.5 Å². The van der Waals surface area contributed by atoms with Crippen LogP contribution in [0.2, 0.25) is 0 Å². The number of ether oxygens (including phenoxy) is 1. The van der Waals surface area contributed by atoms with Crippen LogP contribution in [0, 0.1) is 35.2 Å². The molecule has 0 N–H and O–H groups in total. The first-order valence-corrected chi connectivity index (χ1v) is 14.1. The van der Waals surface area contributed by atoms with Crippen LogP contribution in [-0.2, 0) is 17.5 Å². The fraction of sp³-hybridized carbons (Fsp3) is 0.613. The molecule has 1 nitrogen and oxygen atoms in total. The SMILES string of the molecule is CCCCCC1CCC(C2CCC(OCc3ccc(-c4cc(F)c(C(F)(F)F)c(F)c4)c(F)c3)CC2)CC1. The van der Waals surface area contributed by atoms with Gasteiger partial charge >= 0.3 is 6.18 Å². The topological polar surface area (TPSA) is 9.23 Å². The van der Waals surface area contributed by atoms with E-state index in [9.17, 15) is 26.3 Å². The Bertz CT molecular complexity index is 1030. The molecule has 0 heterocycles. The van der Waals surface area contributed by atoms with Crippen LogP contribution in [0.1, 0.15) is 95.1 Å². The van der Waals surface area contributed by atoms with Crippen LogP contribution in [0.25, 0.3) is 11.1 Å². The average Bonchev–Trinajstić information content (AvgIpc) is 2.87. The Morgan fingerprint density at radius 2 is 1.37 bits per heavy atom. The van der Waals surface area contributed by atoms with E-state index in [1.54, 1.807) is 6.07 Å². The van der Waals surface area contributed by atoms with Gasteiger partial charge in [-0.1, -0.05) is 57.6 Å². The standard InChI is InChI=1S/C31H38F6O/c1-2-3-4-5-20-6-9-22(10-7-20)23-11-13-25(14-12-23)38-19-21-8-15-26(27(32)16-21)24-17-28(33)30(29(34)18-24)31(35,36)37/h8,15-18,20,22-23,25H,2-7,9-14,19H2,1H3. The molecular weight excluding hydrogens is 502 g/mol. The van der Waals surface area contributed by atoms with E-state index in [0.29, 0.717) is 17.7 Å². The van der Waals surface area contributed by atoms with Crippen molar-refractivity contribution in [3.63, 3.8) is 0 Å². The third-order valence-corrected chi connectivity index (χ3v) is 8.65. The molecule has 2 aliphatic rings. The van der Waals surface area contributed by atoms with Crippen molar-refractivity contribution >= 4 is 0 Å². The Hall–Kier alpha value is -2.02. The molecule has 210 valence electrons. The number of alkyl halides is 3. The average molecular weight is 541 g/mol. The predicted octanol–water partition coefficient (Wildman–Crippen LogP) is 10.3. The van der Waals surface area contributed by atoms with Gasteiger partial charge in [-0.25, -0.2) is 13.2 Å². The highest BCUT2D eigenvalue weighted by Crippen LogP contribution is 2.42. The molecule has 2 aliphatic carbocycles. The van der Waals surface area contributed by atoms with Gasteiger partial charge in [0.1, 0.15) is 23.0 Å². The van der Waals surface area contributed by atoms with Gasteiger partial charge in [-0.3, -0.25) is 0 Å². The summed E-state index contributed by atoms with van der Waals surface area (Å²) in [5.41, 5.74) is -1.86. The minimum Gasteiger partial charge on any atom is -0.374 e. The monoisotopic (exact) mass is 540 g/mol. The number of benzene rings is 2. The van der Waals surface area contributed by atoms with Gasteiger partial charge in [0.25, 0.3) is 0 Å². The molecule has 0 saturated heterocycles. The first-order valence-electron chi connectivity index (χ1n) is 14.1. The summed E-state index contributed by atoms with van der Waals surface area (Å²) in [5, 5.41) is 0. The maximum atomic E-state index is 14.7. The summed E-state index contributed by atoms with van der Waals surface area (Å²) < 4.78 is 87.2. The Morgan fingerprint density at radius 3 is 1.92 bits per heavy atom. The third kappa shape index (κ3) is 7.34. The van der Waals surface area contributed by atoms with Gasteiger partial charge in [-0.05, 0) is 85.6 Å². The smallest absolute Gasteiger partial charge is 0.374 e. The van der Waals surface area contributed by atoms with Crippen LogP contribution in [-0.4, -0.2) is 6.10 Å². The van der Waals surface area contributed by atoms with E-state index in [-0.39, 0.29) is 23.8 Å². The van der Waals surface area contributed by atoms with Gasteiger partial charge in [0.05, 0.1) is 12.7 Å². The summed E-state index contributed by atoms with van der Waals surface area (Å²) in [4.78, 5) is 0. The lowest BCUT2D eigenvalue weighted by molar-refractivity contribution is -0.142. The van der Waals surface area contributed by atoms with Crippen molar-refractivity contribution in [1.29, 1.82) is 0 Å². The fourth-order valence-corrected chi connectivity index (χ4v) is 6.45. The van der Waals surface area contributed by atoms with E-state index in [4.69, 9.17) is 4.74 Å². The fourth-order valence-electron chi connectivity index (χ4n) is 6.45. The Morgan fingerprint density at radius 1 is 0.763 bits per heavy atom. The van der Waals surface area contributed by atoms with Crippen LogP contribution in [0.15, 0.2) is 30.3 Å². The molecule has 2 fully saturated rings.